The number of fused-ring (bicyclic) bond motifs is 6. The van der Waals surface area contributed by atoms with Gasteiger partial charge < -0.3 is 4.57 Å². The zero-order valence-electron chi connectivity index (χ0n) is 34.2. The minimum absolute atomic E-state index is 0.0108. The molecule has 0 aliphatic carbocycles. The molecule has 3 heteroatoms. The molecule has 7 aromatic rings. The van der Waals surface area contributed by atoms with E-state index in [1.807, 2.05) is 0 Å². The maximum Gasteiger partial charge on any atom is 0.0651 e. The molecule has 1 nitrogen and oxygen atoms in total. The Kier molecular flexibility index (Phi) is 1.82. The van der Waals surface area contributed by atoms with Crippen molar-refractivity contribution in [2.24, 2.45) is 0 Å². The van der Waals surface area contributed by atoms with Gasteiger partial charge in [-0.2, -0.15) is 0 Å². The standard InChI is InChI=1S/C30H18ClNS/c31-20-17-25(30-26(18-20)24-12-3-6-15-29(24)33-30)19-8-7-9-21(16-19)32-27-13-4-1-10-22(27)23-11-2-5-14-28(23)32/h1-18H/i1D,2D,3D,4D,5D,6D,7D,8D,9D,10D,11D,12D,13D,14D,15D,16D,17D,18D. The van der Waals surface area contributed by atoms with Crippen molar-refractivity contribution in [1.29, 1.82) is 0 Å². The van der Waals surface area contributed by atoms with Crippen molar-refractivity contribution in [3.63, 3.8) is 0 Å². The van der Waals surface area contributed by atoms with Gasteiger partial charge in [0.2, 0.25) is 0 Å². The molecule has 0 bridgehead atoms. The van der Waals surface area contributed by atoms with E-state index >= 15 is 0 Å². The molecule has 0 amide bonds. The van der Waals surface area contributed by atoms with E-state index in [2.05, 4.69) is 0 Å². The number of rotatable bonds is 2. The molecule has 33 heavy (non-hydrogen) atoms. The van der Waals surface area contributed by atoms with Crippen LogP contribution in [0.4, 0.5) is 0 Å². The van der Waals surface area contributed by atoms with Gasteiger partial charge >= 0.3 is 0 Å². The van der Waals surface area contributed by atoms with Crippen molar-refractivity contribution in [3.05, 3.63) is 114 Å². The highest BCUT2D eigenvalue weighted by Crippen LogP contribution is 2.42. The first-order chi connectivity index (χ1) is 23.8. The fraction of sp³-hybridized carbons (Fsp3) is 0. The molecule has 2 aromatic heterocycles. The second-order valence-electron chi connectivity index (χ2n) is 6.96. The van der Waals surface area contributed by atoms with E-state index in [0.29, 0.717) is 0 Å². The average molecular weight is 478 g/mol. The van der Waals surface area contributed by atoms with Crippen molar-refractivity contribution in [1.82, 2.24) is 4.57 Å². The Morgan fingerprint density at radius 1 is 0.636 bits per heavy atom. The predicted molar refractivity (Wildman–Crippen MR) is 144 cm³/mol. The third kappa shape index (κ3) is 2.85. The quantitative estimate of drug-likeness (QED) is 0.233. The molecule has 2 heterocycles. The Morgan fingerprint density at radius 2 is 1.30 bits per heavy atom. The average Bonchev–Trinajstić information content (AvgIpc) is 3.67. The monoisotopic (exact) mass is 477 g/mol. The molecule has 7 rings (SSSR count). The van der Waals surface area contributed by atoms with Crippen LogP contribution >= 0.6 is 22.9 Å². The van der Waals surface area contributed by atoms with Gasteiger partial charge in [-0.15, -0.1) is 11.3 Å². The number of hydrogen-bond acceptors (Lipinski definition) is 1. The lowest BCUT2D eigenvalue weighted by molar-refractivity contribution is 1.18. The van der Waals surface area contributed by atoms with Crippen molar-refractivity contribution < 1.29 is 24.7 Å². The molecule has 0 spiro atoms. The lowest BCUT2D eigenvalue weighted by atomic mass is 10.0. The van der Waals surface area contributed by atoms with Gasteiger partial charge in [0, 0.05) is 47.2 Å². The third-order valence-corrected chi connectivity index (χ3v) is 6.46. The summed E-state index contributed by atoms with van der Waals surface area (Å²) in [6, 6.07) is -12.1. The molecular weight excluding hydrogens is 442 g/mol. The molecule has 0 radical (unpaired) electrons. The number of para-hydroxylation sites is 2. The molecule has 5 aromatic carbocycles. The van der Waals surface area contributed by atoms with Crippen LogP contribution in [0, 0.1) is 0 Å². The number of thiophene rings is 1. The van der Waals surface area contributed by atoms with E-state index < -0.39 is 136 Å². The van der Waals surface area contributed by atoms with Crippen LogP contribution in [0.5, 0.6) is 0 Å². The molecule has 0 unspecified atom stereocenters. The van der Waals surface area contributed by atoms with Gasteiger partial charge in [-0.1, -0.05) is 78.1 Å². The van der Waals surface area contributed by atoms with Gasteiger partial charge in [0.15, 0.2) is 0 Å². The Hall–Kier alpha value is -3.59. The molecule has 0 saturated heterocycles. The van der Waals surface area contributed by atoms with E-state index in [9.17, 15) is 1.37 Å². The highest BCUT2D eigenvalue weighted by molar-refractivity contribution is 7.26. The first-order valence-corrected chi connectivity index (χ1v) is 10.7. The maximum atomic E-state index is 9.48. The fourth-order valence-electron chi connectivity index (χ4n) is 3.81. The maximum absolute atomic E-state index is 9.48. The van der Waals surface area contributed by atoms with Crippen LogP contribution in [0.2, 0.25) is 5.02 Å². The molecule has 0 N–H and O–H groups in total. The Bertz CT molecular complexity index is 2730. The minimum atomic E-state index is -0.836. The fourth-order valence-corrected chi connectivity index (χ4v) is 5.07. The summed E-state index contributed by atoms with van der Waals surface area (Å²) in [5, 5.41) is -1.40. The zero-order valence-corrected chi connectivity index (χ0v) is 17.8. The second-order valence-corrected chi connectivity index (χ2v) is 8.35. The summed E-state index contributed by atoms with van der Waals surface area (Å²) < 4.78 is 157. The van der Waals surface area contributed by atoms with Crippen LogP contribution in [0.3, 0.4) is 0 Å². The van der Waals surface area contributed by atoms with Crippen molar-refractivity contribution in [3.8, 4) is 16.8 Å². The van der Waals surface area contributed by atoms with Gasteiger partial charge in [0.1, 0.15) is 0 Å². The Labute approximate surface area is 225 Å². The molecule has 156 valence electrons. The molecule has 0 saturated carbocycles. The van der Waals surface area contributed by atoms with E-state index in [0.717, 1.165) is 15.9 Å². The minimum Gasteiger partial charge on any atom is -0.309 e. The van der Waals surface area contributed by atoms with Crippen LogP contribution in [-0.2, 0) is 0 Å². The molecule has 0 aliphatic heterocycles. The molecule has 0 aliphatic rings. The Morgan fingerprint density at radius 3 is 2.06 bits per heavy atom. The number of nitrogens with zero attached hydrogens (tertiary/aromatic N) is 1. The van der Waals surface area contributed by atoms with Crippen molar-refractivity contribution in [2.45, 2.75) is 0 Å². The van der Waals surface area contributed by atoms with Crippen LogP contribution in [0.1, 0.15) is 24.7 Å². The predicted octanol–water partition coefficient (Wildman–Crippen LogP) is 9.47. The SMILES string of the molecule is [2H]c1c([2H])c(-c2c([2H])c(Cl)c([2H])c3c2sc2c([2H])c([2H])c([2H])c([2H])c23)c([2H])c(-n2c3c([2H])c([2H])c([2H])c([2H])c3c3c([2H])c([2H])c([2H])c([2H])c32)c1[2H]. The van der Waals surface area contributed by atoms with Gasteiger partial charge in [0.05, 0.1) is 35.7 Å². The Balaban J connectivity index is 1.77. The van der Waals surface area contributed by atoms with Crippen LogP contribution in [0.25, 0.3) is 58.8 Å². The van der Waals surface area contributed by atoms with E-state index in [1.165, 1.54) is 0 Å². The smallest absolute Gasteiger partial charge is 0.0651 e. The summed E-state index contributed by atoms with van der Waals surface area (Å²) in [6.07, 6.45) is 0. The van der Waals surface area contributed by atoms with E-state index in [4.69, 9.17) is 34.9 Å². The molecular formula is C30H18ClNS. The van der Waals surface area contributed by atoms with Crippen molar-refractivity contribution in [2.75, 3.05) is 0 Å². The molecule has 0 fully saturated rings. The van der Waals surface area contributed by atoms with Gasteiger partial charge in [-0.25, -0.2) is 0 Å². The largest absolute Gasteiger partial charge is 0.309 e. The highest BCUT2D eigenvalue weighted by Gasteiger charge is 2.15. The molecule has 0 atom stereocenters. The number of hydrogen-bond donors (Lipinski definition) is 0. The van der Waals surface area contributed by atoms with Crippen LogP contribution in [0.15, 0.2) is 109 Å². The summed E-state index contributed by atoms with van der Waals surface area (Å²) in [5.41, 5.74) is -2.33. The topological polar surface area (TPSA) is 4.93 Å². The van der Waals surface area contributed by atoms with Gasteiger partial charge in [-0.05, 0) is 47.9 Å². The number of halogens is 1. The van der Waals surface area contributed by atoms with Gasteiger partial charge in [-0.3, -0.25) is 0 Å². The van der Waals surface area contributed by atoms with Gasteiger partial charge in [0.25, 0.3) is 0 Å². The summed E-state index contributed by atoms with van der Waals surface area (Å²) in [7, 11) is 0. The van der Waals surface area contributed by atoms with Crippen LogP contribution < -0.4 is 0 Å². The highest BCUT2D eigenvalue weighted by atomic mass is 35.5. The first-order valence-electron chi connectivity index (χ1n) is 18.5. The third-order valence-electron chi connectivity index (χ3n) is 5.15. The van der Waals surface area contributed by atoms with Crippen LogP contribution in [-0.4, -0.2) is 4.57 Å². The normalized spacial score (nSPS) is 19.4. The lowest BCUT2D eigenvalue weighted by Crippen LogP contribution is -1.94. The van der Waals surface area contributed by atoms with E-state index in [-0.39, 0.29) is 36.5 Å². The number of benzene rings is 5. The zero-order chi connectivity index (χ0) is 37.6. The number of aromatic nitrogens is 1. The summed E-state index contributed by atoms with van der Waals surface area (Å²) >= 11 is 7.25. The summed E-state index contributed by atoms with van der Waals surface area (Å²) in [4.78, 5) is 0. The lowest BCUT2D eigenvalue weighted by Gasteiger charge is -2.11. The summed E-state index contributed by atoms with van der Waals surface area (Å²) in [6.45, 7) is 0. The summed E-state index contributed by atoms with van der Waals surface area (Å²) in [5.74, 6) is 0. The second kappa shape index (κ2) is 7.21. The van der Waals surface area contributed by atoms with Crippen molar-refractivity contribution >= 4 is 64.9 Å². The first kappa shape index (κ1) is 8.32. The van der Waals surface area contributed by atoms with E-state index in [1.54, 1.807) is 0 Å².